The van der Waals surface area contributed by atoms with E-state index >= 15 is 0 Å². The van der Waals surface area contributed by atoms with E-state index in [0.717, 1.165) is 37.9 Å². The molecule has 1 saturated carbocycles. The van der Waals surface area contributed by atoms with Gasteiger partial charge < -0.3 is 20.4 Å². The lowest BCUT2D eigenvalue weighted by Gasteiger charge is -2.51. The molecule has 3 atom stereocenters. The van der Waals surface area contributed by atoms with Crippen LogP contribution in [-0.4, -0.2) is 58.2 Å². The average molecular weight is 412 g/mol. The standard InChI is InChI=1S/C21H28N6O3/c1-3-18-24-25-20-21(30)26(16-6-4-5-7-17(16)27(18)20)12-19(29)23-15-10-8-14(9-11-15)22-13(2)28/h8-11,16-17,20,25H,3-7,12H2,1-2H3,(H,22,28)(H,23,29). The molecule has 0 bridgehead atoms. The van der Waals surface area contributed by atoms with E-state index in [1.165, 1.54) is 6.92 Å². The van der Waals surface area contributed by atoms with Crippen molar-refractivity contribution in [1.29, 1.82) is 0 Å². The number of piperazine rings is 1. The second kappa shape index (κ2) is 8.33. The van der Waals surface area contributed by atoms with Gasteiger partial charge in [-0.1, -0.05) is 19.8 Å². The lowest BCUT2D eigenvalue weighted by atomic mass is 9.85. The Balaban J connectivity index is 1.45. The van der Waals surface area contributed by atoms with Gasteiger partial charge in [-0.25, -0.2) is 0 Å². The topological polar surface area (TPSA) is 106 Å². The van der Waals surface area contributed by atoms with Crippen LogP contribution in [0.2, 0.25) is 0 Å². The number of amidine groups is 1. The molecule has 3 amide bonds. The van der Waals surface area contributed by atoms with Crippen LogP contribution in [-0.2, 0) is 14.4 Å². The van der Waals surface area contributed by atoms with Crippen molar-refractivity contribution in [2.24, 2.45) is 5.10 Å². The number of rotatable bonds is 5. The maximum Gasteiger partial charge on any atom is 0.268 e. The van der Waals surface area contributed by atoms with Crippen LogP contribution in [0.3, 0.4) is 0 Å². The molecule has 0 spiro atoms. The van der Waals surface area contributed by atoms with E-state index in [1.807, 2.05) is 6.92 Å². The van der Waals surface area contributed by atoms with Gasteiger partial charge >= 0.3 is 0 Å². The molecular formula is C21H28N6O3. The van der Waals surface area contributed by atoms with Gasteiger partial charge in [0, 0.05) is 24.7 Å². The summed E-state index contributed by atoms with van der Waals surface area (Å²) < 4.78 is 0. The molecule has 2 heterocycles. The minimum Gasteiger partial charge on any atom is -0.326 e. The quantitative estimate of drug-likeness (QED) is 0.682. The highest BCUT2D eigenvalue weighted by Gasteiger charge is 2.50. The van der Waals surface area contributed by atoms with Gasteiger partial charge in [-0.3, -0.25) is 19.8 Å². The Morgan fingerprint density at radius 2 is 1.73 bits per heavy atom. The molecule has 30 heavy (non-hydrogen) atoms. The van der Waals surface area contributed by atoms with Crippen molar-refractivity contribution in [3.05, 3.63) is 24.3 Å². The molecule has 1 aliphatic carbocycles. The number of amides is 3. The molecule has 0 radical (unpaired) electrons. The second-order valence-corrected chi connectivity index (χ2v) is 8.01. The normalized spacial score (nSPS) is 25.1. The number of hydrogen-bond donors (Lipinski definition) is 3. The zero-order valence-electron chi connectivity index (χ0n) is 17.4. The number of fused-ring (bicyclic) bond motifs is 3. The number of carbonyl (C=O) groups excluding carboxylic acids is 3. The molecule has 1 aromatic carbocycles. The van der Waals surface area contributed by atoms with Crippen molar-refractivity contribution in [1.82, 2.24) is 15.2 Å². The zero-order valence-corrected chi connectivity index (χ0v) is 17.4. The summed E-state index contributed by atoms with van der Waals surface area (Å²) in [7, 11) is 0. The van der Waals surface area contributed by atoms with Crippen molar-refractivity contribution >= 4 is 34.9 Å². The maximum atomic E-state index is 13.2. The Hall–Kier alpha value is -3.10. The zero-order chi connectivity index (χ0) is 21.3. The SMILES string of the molecule is CCC1=NNC2C(=O)N(CC(=O)Nc3ccc(NC(C)=O)cc3)C3CCCCC3N12. The maximum absolute atomic E-state index is 13.2. The summed E-state index contributed by atoms with van der Waals surface area (Å²) in [6.45, 7) is 3.50. The summed E-state index contributed by atoms with van der Waals surface area (Å²) in [4.78, 5) is 40.9. The number of carbonyl (C=O) groups is 3. The Morgan fingerprint density at radius 1 is 1.10 bits per heavy atom. The number of anilines is 2. The van der Waals surface area contributed by atoms with Crippen LogP contribution in [0, 0.1) is 0 Å². The minimum atomic E-state index is -0.510. The number of hydrogen-bond acceptors (Lipinski definition) is 6. The van der Waals surface area contributed by atoms with Crippen LogP contribution in [0.25, 0.3) is 0 Å². The summed E-state index contributed by atoms with van der Waals surface area (Å²) in [5.74, 6) is 0.445. The highest BCUT2D eigenvalue weighted by molar-refractivity contribution is 5.98. The molecule has 9 heteroatoms. The van der Waals surface area contributed by atoms with Crippen molar-refractivity contribution in [3.63, 3.8) is 0 Å². The first-order valence-corrected chi connectivity index (χ1v) is 10.6. The fourth-order valence-corrected chi connectivity index (χ4v) is 4.71. The molecule has 9 nitrogen and oxygen atoms in total. The predicted molar refractivity (Wildman–Crippen MR) is 114 cm³/mol. The molecule has 0 aromatic heterocycles. The molecule has 3 N–H and O–H groups in total. The Labute approximate surface area is 175 Å². The highest BCUT2D eigenvalue weighted by atomic mass is 16.2. The summed E-state index contributed by atoms with van der Waals surface area (Å²) in [6, 6.07) is 7.12. The monoisotopic (exact) mass is 412 g/mol. The van der Waals surface area contributed by atoms with Gasteiger partial charge in [0.15, 0.2) is 6.17 Å². The van der Waals surface area contributed by atoms with Gasteiger partial charge in [0.2, 0.25) is 11.8 Å². The minimum absolute atomic E-state index is 0.0148. The van der Waals surface area contributed by atoms with E-state index in [9.17, 15) is 14.4 Å². The third kappa shape index (κ3) is 3.83. The third-order valence-corrected chi connectivity index (χ3v) is 5.98. The lowest BCUT2D eigenvalue weighted by molar-refractivity contribution is -0.151. The van der Waals surface area contributed by atoms with E-state index < -0.39 is 6.17 Å². The first-order valence-electron chi connectivity index (χ1n) is 10.6. The van der Waals surface area contributed by atoms with Crippen molar-refractivity contribution in [2.75, 3.05) is 17.2 Å². The number of nitrogens with zero attached hydrogens (tertiary/aromatic N) is 3. The number of hydrazone groups is 1. The van der Waals surface area contributed by atoms with Crippen LogP contribution in [0.15, 0.2) is 29.4 Å². The van der Waals surface area contributed by atoms with E-state index in [0.29, 0.717) is 11.4 Å². The summed E-state index contributed by atoms with van der Waals surface area (Å²) >= 11 is 0. The van der Waals surface area contributed by atoms with Crippen LogP contribution >= 0.6 is 0 Å². The molecule has 1 aromatic rings. The number of nitrogens with one attached hydrogen (secondary N) is 3. The van der Waals surface area contributed by atoms with E-state index in [-0.39, 0.29) is 36.3 Å². The lowest BCUT2D eigenvalue weighted by Crippen LogP contribution is -2.69. The van der Waals surface area contributed by atoms with Gasteiger partial charge in [0.25, 0.3) is 5.91 Å². The van der Waals surface area contributed by atoms with E-state index in [4.69, 9.17) is 0 Å². The third-order valence-electron chi connectivity index (χ3n) is 5.98. The largest absolute Gasteiger partial charge is 0.326 e. The van der Waals surface area contributed by atoms with Gasteiger partial charge in [-0.15, -0.1) is 0 Å². The van der Waals surface area contributed by atoms with Crippen molar-refractivity contribution in [2.45, 2.75) is 64.2 Å². The van der Waals surface area contributed by atoms with Gasteiger partial charge in [-0.05, 0) is 37.1 Å². The van der Waals surface area contributed by atoms with Crippen molar-refractivity contribution in [3.8, 4) is 0 Å². The molecule has 1 saturated heterocycles. The predicted octanol–water partition coefficient (Wildman–Crippen LogP) is 1.69. The molecule has 2 aliphatic heterocycles. The second-order valence-electron chi connectivity index (χ2n) is 8.01. The highest BCUT2D eigenvalue weighted by Crippen LogP contribution is 2.35. The fourth-order valence-electron chi connectivity index (χ4n) is 4.71. The fraction of sp³-hybridized carbons (Fsp3) is 0.524. The Kier molecular flexibility index (Phi) is 5.61. The van der Waals surface area contributed by atoms with E-state index in [2.05, 4.69) is 26.1 Å². The molecular weight excluding hydrogens is 384 g/mol. The van der Waals surface area contributed by atoms with Gasteiger partial charge in [0.1, 0.15) is 12.4 Å². The first-order chi connectivity index (χ1) is 14.5. The summed E-state index contributed by atoms with van der Waals surface area (Å²) in [6.07, 6.45) is 4.34. The van der Waals surface area contributed by atoms with Crippen LogP contribution in [0.4, 0.5) is 11.4 Å². The summed E-state index contributed by atoms with van der Waals surface area (Å²) in [5, 5.41) is 9.91. The molecule has 4 rings (SSSR count). The molecule has 2 fully saturated rings. The van der Waals surface area contributed by atoms with Gasteiger partial charge in [-0.2, -0.15) is 5.10 Å². The van der Waals surface area contributed by atoms with E-state index in [1.54, 1.807) is 29.2 Å². The van der Waals surface area contributed by atoms with Crippen LogP contribution in [0.1, 0.15) is 46.0 Å². The smallest absolute Gasteiger partial charge is 0.268 e. The molecule has 3 unspecified atom stereocenters. The van der Waals surface area contributed by atoms with Crippen LogP contribution < -0.4 is 16.1 Å². The average Bonchev–Trinajstić information content (AvgIpc) is 3.17. The Bertz CT molecular complexity index is 868. The molecule has 160 valence electrons. The Morgan fingerprint density at radius 3 is 2.37 bits per heavy atom. The van der Waals surface area contributed by atoms with Crippen LogP contribution in [0.5, 0.6) is 0 Å². The number of benzene rings is 1. The van der Waals surface area contributed by atoms with Crippen molar-refractivity contribution < 1.29 is 14.4 Å². The molecule has 3 aliphatic rings. The van der Waals surface area contributed by atoms with Gasteiger partial charge in [0.05, 0.1) is 12.1 Å². The first kappa shape index (κ1) is 20.2. The summed E-state index contributed by atoms with van der Waals surface area (Å²) in [5.41, 5.74) is 4.26.